The molecular weight excluding hydrogens is 339 g/mol. The largest absolute Gasteiger partial charge is 0.456 e. The molecule has 0 saturated carbocycles. The molecule has 1 aromatic heterocycles. The molecule has 0 atom stereocenters. The summed E-state index contributed by atoms with van der Waals surface area (Å²) in [4.78, 5) is 0. The number of fused-ring (bicyclic) bond motifs is 3. The van der Waals surface area contributed by atoms with Crippen LogP contribution in [0.4, 0.5) is 4.39 Å². The Labute approximate surface area is 107 Å². The summed E-state index contributed by atoms with van der Waals surface area (Å²) in [5, 5.41) is 1.69. The van der Waals surface area contributed by atoms with Crippen LogP contribution in [0.25, 0.3) is 21.9 Å². The van der Waals surface area contributed by atoms with Gasteiger partial charge in [0, 0.05) is 10.8 Å². The molecule has 3 aromatic rings. The lowest BCUT2D eigenvalue weighted by atomic mass is 10.1. The number of furan rings is 1. The topological polar surface area (TPSA) is 13.1 Å². The molecule has 0 fully saturated rings. The maximum atomic E-state index is 13.7. The molecule has 1 nitrogen and oxygen atoms in total. The Bertz CT molecular complexity index is 703. The fourth-order valence-electron chi connectivity index (χ4n) is 1.79. The summed E-state index contributed by atoms with van der Waals surface area (Å²) in [5.41, 5.74) is 1.43. The molecule has 80 valence electrons. The summed E-state index contributed by atoms with van der Waals surface area (Å²) in [6.07, 6.45) is 0. The molecule has 0 unspecified atom stereocenters. The molecule has 0 aliphatic heterocycles. The first kappa shape index (κ1) is 10.3. The normalized spacial score (nSPS) is 11.4. The summed E-state index contributed by atoms with van der Waals surface area (Å²) in [5.74, 6) is -0.306. The van der Waals surface area contributed by atoms with Gasteiger partial charge in [-0.25, -0.2) is 4.39 Å². The Hall–Kier alpha value is -0.870. The van der Waals surface area contributed by atoms with Gasteiger partial charge in [0.15, 0.2) is 5.82 Å². The van der Waals surface area contributed by atoms with Crippen molar-refractivity contribution in [3.05, 3.63) is 45.1 Å². The summed E-state index contributed by atoms with van der Waals surface area (Å²) < 4.78 is 20.2. The standard InChI is InChI=1S/C12H5Br2FO/c13-7-5-9-10(11(14)12(7)15)6-3-1-2-4-8(6)16-9/h1-5H. The van der Waals surface area contributed by atoms with Crippen LogP contribution in [0.5, 0.6) is 0 Å². The third-order valence-electron chi connectivity index (χ3n) is 2.50. The van der Waals surface area contributed by atoms with Gasteiger partial charge in [0.2, 0.25) is 0 Å². The first-order valence-electron chi connectivity index (χ1n) is 4.63. The van der Waals surface area contributed by atoms with Gasteiger partial charge < -0.3 is 4.42 Å². The first-order valence-corrected chi connectivity index (χ1v) is 6.22. The molecule has 0 aliphatic carbocycles. The van der Waals surface area contributed by atoms with Crippen LogP contribution < -0.4 is 0 Å². The van der Waals surface area contributed by atoms with Crippen LogP contribution >= 0.6 is 31.9 Å². The average molecular weight is 344 g/mol. The van der Waals surface area contributed by atoms with Crippen molar-refractivity contribution in [2.75, 3.05) is 0 Å². The van der Waals surface area contributed by atoms with Crippen molar-refractivity contribution in [3.8, 4) is 0 Å². The number of hydrogen-bond donors (Lipinski definition) is 0. The summed E-state index contributed by atoms with van der Waals surface area (Å²) in [7, 11) is 0. The van der Waals surface area contributed by atoms with Crippen molar-refractivity contribution in [1.29, 1.82) is 0 Å². The number of benzene rings is 2. The first-order chi connectivity index (χ1) is 7.68. The molecular formula is C12H5Br2FO. The summed E-state index contributed by atoms with van der Waals surface area (Å²) in [6.45, 7) is 0. The van der Waals surface area contributed by atoms with Crippen LogP contribution in [0.3, 0.4) is 0 Å². The fourth-order valence-corrected chi connectivity index (χ4v) is 3.08. The van der Waals surface area contributed by atoms with Gasteiger partial charge in [0.1, 0.15) is 11.2 Å². The van der Waals surface area contributed by atoms with E-state index in [1.54, 1.807) is 6.07 Å². The van der Waals surface area contributed by atoms with E-state index in [2.05, 4.69) is 31.9 Å². The van der Waals surface area contributed by atoms with Crippen molar-refractivity contribution in [2.24, 2.45) is 0 Å². The quantitative estimate of drug-likeness (QED) is 0.508. The third kappa shape index (κ3) is 1.33. The van der Waals surface area contributed by atoms with E-state index in [0.29, 0.717) is 14.5 Å². The number of para-hydroxylation sites is 1. The van der Waals surface area contributed by atoms with Crippen molar-refractivity contribution in [1.82, 2.24) is 0 Å². The zero-order valence-corrected chi connectivity index (χ0v) is 11.1. The minimum Gasteiger partial charge on any atom is -0.456 e. The minimum absolute atomic E-state index is 0.306. The van der Waals surface area contributed by atoms with E-state index in [1.165, 1.54) is 0 Å². The van der Waals surface area contributed by atoms with Crippen LogP contribution in [0.15, 0.2) is 43.7 Å². The Kier molecular flexibility index (Phi) is 2.30. The lowest BCUT2D eigenvalue weighted by Gasteiger charge is -1.98. The SMILES string of the molecule is Fc1c(Br)cc2oc3ccccc3c2c1Br. The highest BCUT2D eigenvalue weighted by Crippen LogP contribution is 2.38. The fraction of sp³-hybridized carbons (Fsp3) is 0. The van der Waals surface area contributed by atoms with Gasteiger partial charge in [-0.2, -0.15) is 0 Å². The smallest absolute Gasteiger partial charge is 0.152 e. The highest BCUT2D eigenvalue weighted by Gasteiger charge is 2.15. The molecule has 2 aromatic carbocycles. The molecule has 0 radical (unpaired) electrons. The second-order valence-corrected chi connectivity index (χ2v) is 5.11. The van der Waals surface area contributed by atoms with E-state index in [9.17, 15) is 4.39 Å². The molecule has 3 rings (SSSR count). The molecule has 1 heterocycles. The number of rotatable bonds is 0. The molecule has 4 heteroatoms. The summed E-state index contributed by atoms with van der Waals surface area (Å²) in [6, 6.07) is 9.23. The molecule has 0 bridgehead atoms. The molecule has 0 N–H and O–H groups in total. The Balaban J connectivity index is 2.62. The van der Waals surface area contributed by atoms with E-state index in [4.69, 9.17) is 4.42 Å². The number of halogens is 3. The van der Waals surface area contributed by atoms with Crippen molar-refractivity contribution < 1.29 is 8.81 Å². The second-order valence-electron chi connectivity index (χ2n) is 3.46. The van der Waals surface area contributed by atoms with Crippen molar-refractivity contribution in [2.45, 2.75) is 0 Å². The maximum absolute atomic E-state index is 13.7. The lowest BCUT2D eigenvalue weighted by molar-refractivity contribution is 0.613. The highest BCUT2D eigenvalue weighted by molar-refractivity contribution is 9.11. The van der Waals surface area contributed by atoms with Crippen LogP contribution in [-0.2, 0) is 0 Å². The van der Waals surface area contributed by atoms with E-state index in [1.807, 2.05) is 24.3 Å². The van der Waals surface area contributed by atoms with Gasteiger partial charge in [0.25, 0.3) is 0 Å². The van der Waals surface area contributed by atoms with Gasteiger partial charge in [0.05, 0.1) is 8.95 Å². The third-order valence-corrected chi connectivity index (χ3v) is 3.82. The van der Waals surface area contributed by atoms with E-state index in [0.717, 1.165) is 16.4 Å². The van der Waals surface area contributed by atoms with Crippen LogP contribution in [0, 0.1) is 5.82 Å². The van der Waals surface area contributed by atoms with E-state index < -0.39 is 0 Å². The second kappa shape index (κ2) is 3.57. The van der Waals surface area contributed by atoms with Crippen LogP contribution in [0.1, 0.15) is 0 Å². The van der Waals surface area contributed by atoms with Crippen LogP contribution in [-0.4, -0.2) is 0 Å². The monoisotopic (exact) mass is 342 g/mol. The van der Waals surface area contributed by atoms with Gasteiger partial charge in [-0.15, -0.1) is 0 Å². The predicted molar refractivity (Wildman–Crippen MR) is 69.1 cm³/mol. The molecule has 16 heavy (non-hydrogen) atoms. The molecule has 0 saturated heterocycles. The lowest BCUT2D eigenvalue weighted by Crippen LogP contribution is -1.80. The highest BCUT2D eigenvalue weighted by atomic mass is 79.9. The van der Waals surface area contributed by atoms with E-state index in [-0.39, 0.29) is 5.82 Å². The van der Waals surface area contributed by atoms with Gasteiger partial charge in [-0.3, -0.25) is 0 Å². The Morgan fingerprint density at radius 1 is 1.06 bits per heavy atom. The minimum atomic E-state index is -0.306. The van der Waals surface area contributed by atoms with Gasteiger partial charge >= 0.3 is 0 Å². The van der Waals surface area contributed by atoms with E-state index >= 15 is 0 Å². The zero-order chi connectivity index (χ0) is 11.3. The maximum Gasteiger partial charge on any atom is 0.152 e. The van der Waals surface area contributed by atoms with Gasteiger partial charge in [-0.05, 0) is 44.0 Å². The van der Waals surface area contributed by atoms with Crippen molar-refractivity contribution >= 4 is 53.8 Å². The Morgan fingerprint density at radius 2 is 1.81 bits per heavy atom. The zero-order valence-electron chi connectivity index (χ0n) is 7.93. The molecule has 0 aliphatic rings. The van der Waals surface area contributed by atoms with Crippen LogP contribution in [0.2, 0.25) is 0 Å². The molecule has 0 spiro atoms. The average Bonchev–Trinajstić information content (AvgIpc) is 2.64. The molecule has 0 amide bonds. The van der Waals surface area contributed by atoms with Crippen molar-refractivity contribution in [3.63, 3.8) is 0 Å². The Morgan fingerprint density at radius 3 is 2.62 bits per heavy atom. The van der Waals surface area contributed by atoms with Gasteiger partial charge in [-0.1, -0.05) is 18.2 Å². The predicted octanol–water partition coefficient (Wildman–Crippen LogP) is 5.25. The number of hydrogen-bond acceptors (Lipinski definition) is 1. The summed E-state index contributed by atoms with van der Waals surface area (Å²) >= 11 is 6.43.